The smallest absolute Gasteiger partial charge is 0.159 e. The molecule has 0 amide bonds. The Hall–Kier alpha value is -1.72. The van der Waals surface area contributed by atoms with E-state index < -0.39 is 0 Å². The minimum atomic E-state index is -0.0831. The molecule has 1 aromatic carbocycles. The van der Waals surface area contributed by atoms with Crippen LogP contribution in [0.4, 0.5) is 5.69 Å². The zero-order valence-corrected chi connectivity index (χ0v) is 12.3. The molecule has 20 heavy (non-hydrogen) atoms. The number of rotatable bonds is 3. The molecule has 0 bridgehead atoms. The summed E-state index contributed by atoms with van der Waals surface area (Å²) in [4.78, 5) is 10.8. The average Bonchev–Trinajstić information content (AvgIpc) is 2.93. The Bertz CT molecular complexity index is 495. The van der Waals surface area contributed by atoms with Crippen LogP contribution in [-0.4, -0.2) is 28.6 Å². The number of nitrogens with one attached hydrogen (secondary N) is 1. The van der Waals surface area contributed by atoms with Gasteiger partial charge in [-0.15, -0.1) is 11.8 Å². The van der Waals surface area contributed by atoms with Crippen molar-refractivity contribution in [3.05, 3.63) is 48.6 Å². The van der Waals surface area contributed by atoms with Crippen LogP contribution >= 0.6 is 11.8 Å². The fourth-order valence-electron chi connectivity index (χ4n) is 1.51. The van der Waals surface area contributed by atoms with Gasteiger partial charge in [-0.3, -0.25) is 4.79 Å². The summed E-state index contributed by atoms with van der Waals surface area (Å²) in [5, 5.41) is 12.4. The summed E-state index contributed by atoms with van der Waals surface area (Å²) < 4.78 is 0. The zero-order valence-electron chi connectivity index (χ0n) is 11.5. The molecule has 1 unspecified atom stereocenters. The number of aromatic hydroxyl groups is 1. The van der Waals surface area contributed by atoms with E-state index in [0.29, 0.717) is 11.6 Å². The molecule has 0 radical (unpaired) electrons. The fourth-order valence-corrected chi connectivity index (χ4v) is 2.44. The summed E-state index contributed by atoms with van der Waals surface area (Å²) in [6, 6.07) is 5.02. The number of phenols is 1. The lowest BCUT2D eigenvalue weighted by molar-refractivity contribution is 0.101. The van der Waals surface area contributed by atoms with Crippen LogP contribution in [0.2, 0.25) is 0 Å². The number of thioether (sulfide) groups is 1. The highest BCUT2D eigenvalue weighted by Gasteiger charge is 2.09. The summed E-state index contributed by atoms with van der Waals surface area (Å²) in [5.74, 6) is 2.16. The molecule has 108 valence electrons. The molecule has 1 aromatic rings. The third-order valence-corrected chi connectivity index (χ3v) is 3.63. The predicted molar refractivity (Wildman–Crippen MR) is 86.1 cm³/mol. The Kier molecular flexibility index (Phi) is 6.90. The molecule has 1 aliphatic rings. The molecule has 2 rings (SSSR count). The first kappa shape index (κ1) is 16.3. The van der Waals surface area contributed by atoms with E-state index in [2.05, 4.69) is 18.0 Å². The highest BCUT2D eigenvalue weighted by Crippen LogP contribution is 2.20. The minimum Gasteiger partial charge on any atom is -0.506 e. The quantitative estimate of drug-likeness (QED) is 0.345. The molecule has 1 aliphatic heterocycles. The van der Waals surface area contributed by atoms with Crippen molar-refractivity contribution in [2.24, 2.45) is 0 Å². The number of nitrogen functional groups attached to an aromatic ring is 1. The van der Waals surface area contributed by atoms with Crippen molar-refractivity contribution in [2.45, 2.75) is 13.0 Å². The number of carbonyl (C=O) groups excluding carboxylic acids is 1. The second-order valence-corrected chi connectivity index (χ2v) is 5.31. The van der Waals surface area contributed by atoms with Gasteiger partial charge >= 0.3 is 0 Å². The number of benzene rings is 1. The van der Waals surface area contributed by atoms with Gasteiger partial charge in [0.05, 0.1) is 5.69 Å². The lowest BCUT2D eigenvalue weighted by atomic mass is 10.1. The Morgan fingerprint density at radius 3 is 2.85 bits per heavy atom. The first-order valence-electron chi connectivity index (χ1n) is 6.24. The van der Waals surface area contributed by atoms with Crippen LogP contribution in [0.5, 0.6) is 5.75 Å². The lowest BCUT2D eigenvalue weighted by Gasteiger charge is -1.99. The second-order valence-electron chi connectivity index (χ2n) is 4.28. The van der Waals surface area contributed by atoms with E-state index in [1.807, 2.05) is 23.9 Å². The van der Waals surface area contributed by atoms with Gasteiger partial charge in [0.15, 0.2) is 5.78 Å². The van der Waals surface area contributed by atoms with Crippen LogP contribution in [0.15, 0.2) is 43.0 Å². The third-order valence-electron chi connectivity index (χ3n) is 2.66. The first-order valence-corrected chi connectivity index (χ1v) is 7.40. The number of anilines is 1. The van der Waals surface area contributed by atoms with Gasteiger partial charge in [-0.1, -0.05) is 24.8 Å². The van der Waals surface area contributed by atoms with Crippen molar-refractivity contribution in [1.82, 2.24) is 5.32 Å². The molecule has 0 saturated carbocycles. The zero-order chi connectivity index (χ0) is 15.0. The van der Waals surface area contributed by atoms with Crippen molar-refractivity contribution in [3.8, 4) is 5.75 Å². The Labute approximate surface area is 123 Å². The Morgan fingerprint density at radius 1 is 1.60 bits per heavy atom. The maximum Gasteiger partial charge on any atom is 0.159 e. The van der Waals surface area contributed by atoms with Gasteiger partial charge in [-0.05, 0) is 25.1 Å². The number of hydrogen-bond acceptors (Lipinski definition) is 5. The number of phenolic OH excluding ortho intramolecular Hbond substituents is 1. The summed E-state index contributed by atoms with van der Waals surface area (Å²) in [5.41, 5.74) is 6.08. The molecular formula is C15H20N2O2S. The molecule has 1 heterocycles. The van der Waals surface area contributed by atoms with Gasteiger partial charge in [0, 0.05) is 23.2 Å². The van der Waals surface area contributed by atoms with E-state index in [9.17, 15) is 4.79 Å². The topological polar surface area (TPSA) is 75.4 Å². The lowest BCUT2D eigenvalue weighted by Crippen LogP contribution is -2.20. The summed E-state index contributed by atoms with van der Waals surface area (Å²) in [7, 11) is 0. The average molecular weight is 292 g/mol. The van der Waals surface area contributed by atoms with Gasteiger partial charge in [-0.25, -0.2) is 0 Å². The fraction of sp³-hybridized carbons (Fsp3) is 0.267. The molecule has 0 spiro atoms. The van der Waals surface area contributed by atoms with Crippen molar-refractivity contribution in [2.75, 3.05) is 17.4 Å². The van der Waals surface area contributed by atoms with Crippen LogP contribution in [0.3, 0.4) is 0 Å². The van der Waals surface area contributed by atoms with Gasteiger partial charge in [0.1, 0.15) is 5.75 Å². The maximum atomic E-state index is 10.8. The van der Waals surface area contributed by atoms with Crippen molar-refractivity contribution in [1.29, 1.82) is 0 Å². The molecule has 5 heteroatoms. The maximum absolute atomic E-state index is 10.8. The van der Waals surface area contributed by atoms with Crippen LogP contribution in [0, 0.1) is 0 Å². The van der Waals surface area contributed by atoms with E-state index in [1.165, 1.54) is 24.8 Å². The van der Waals surface area contributed by atoms with E-state index in [1.54, 1.807) is 6.07 Å². The highest BCUT2D eigenvalue weighted by molar-refractivity contribution is 7.99. The van der Waals surface area contributed by atoms with Crippen LogP contribution in [0.1, 0.15) is 17.3 Å². The van der Waals surface area contributed by atoms with E-state index in [0.717, 1.165) is 5.88 Å². The van der Waals surface area contributed by atoms with Crippen molar-refractivity contribution >= 4 is 23.2 Å². The van der Waals surface area contributed by atoms with Crippen molar-refractivity contribution < 1.29 is 9.90 Å². The number of nitrogens with two attached hydrogens (primary N) is 1. The minimum absolute atomic E-state index is 0.0438. The normalized spacial score (nSPS) is 17.6. The van der Waals surface area contributed by atoms with Crippen LogP contribution in [0.25, 0.3) is 0 Å². The number of Topliss-reactive ketones (excluding diaryl/α,β-unsaturated/α-hetero) is 1. The molecule has 1 saturated heterocycles. The summed E-state index contributed by atoms with van der Waals surface area (Å²) in [6.07, 6.45) is 5.95. The number of carbonyl (C=O) groups is 1. The van der Waals surface area contributed by atoms with Gasteiger partial charge in [0.2, 0.25) is 0 Å². The molecule has 0 aromatic heterocycles. The van der Waals surface area contributed by atoms with Gasteiger partial charge < -0.3 is 16.2 Å². The predicted octanol–water partition coefficient (Wildman–Crippen LogP) is 2.57. The van der Waals surface area contributed by atoms with Crippen LogP contribution < -0.4 is 11.1 Å². The standard InChI is InChI=1S/C8H9NO2.C7H11NS/c1-5(10)6-2-3-7(9)8(11)4-6;1-2-3-4-7-5-9-6-8-7/h2-4,11H,9H2,1H3;2-4,7-8H,1,5-6H2/b;4-3+. The monoisotopic (exact) mass is 292 g/mol. The molecular weight excluding hydrogens is 272 g/mol. The van der Waals surface area contributed by atoms with E-state index >= 15 is 0 Å². The summed E-state index contributed by atoms with van der Waals surface area (Å²) in [6.45, 7) is 5.04. The first-order chi connectivity index (χ1) is 9.54. The number of hydrogen-bond donors (Lipinski definition) is 3. The van der Waals surface area contributed by atoms with Gasteiger partial charge in [0.25, 0.3) is 0 Å². The molecule has 1 atom stereocenters. The van der Waals surface area contributed by atoms with Crippen molar-refractivity contribution in [3.63, 3.8) is 0 Å². The number of allylic oxidation sites excluding steroid dienone is 2. The van der Waals surface area contributed by atoms with Crippen LogP contribution in [-0.2, 0) is 0 Å². The summed E-state index contributed by atoms with van der Waals surface area (Å²) >= 11 is 1.94. The molecule has 4 nitrogen and oxygen atoms in total. The van der Waals surface area contributed by atoms with E-state index in [4.69, 9.17) is 10.8 Å². The molecule has 4 N–H and O–H groups in total. The van der Waals surface area contributed by atoms with Gasteiger partial charge in [-0.2, -0.15) is 0 Å². The Morgan fingerprint density at radius 2 is 2.35 bits per heavy atom. The Balaban J connectivity index is 0.000000204. The third kappa shape index (κ3) is 5.50. The molecule has 1 fully saturated rings. The largest absolute Gasteiger partial charge is 0.506 e. The van der Waals surface area contributed by atoms with E-state index in [-0.39, 0.29) is 17.2 Å². The SMILES string of the molecule is C=C/C=C/C1CSCN1.CC(=O)c1ccc(N)c(O)c1. The second kappa shape index (κ2) is 8.45. The number of ketones is 1. The molecule has 0 aliphatic carbocycles. The highest BCUT2D eigenvalue weighted by atomic mass is 32.2.